The van der Waals surface area contributed by atoms with Crippen molar-refractivity contribution in [3.05, 3.63) is 47.0 Å². The van der Waals surface area contributed by atoms with Crippen LogP contribution in [0.1, 0.15) is 11.3 Å². The van der Waals surface area contributed by atoms with E-state index in [1.54, 1.807) is 18.2 Å². The maximum Gasteiger partial charge on any atom is 0.315 e. The summed E-state index contributed by atoms with van der Waals surface area (Å²) in [5, 5.41) is 1.43. The van der Waals surface area contributed by atoms with Gasteiger partial charge in [0.25, 0.3) is 0 Å². The second-order valence-corrected chi connectivity index (χ2v) is 3.90. The number of rotatable bonds is 2. The van der Waals surface area contributed by atoms with Crippen molar-refractivity contribution in [3.8, 4) is 0 Å². The Morgan fingerprint density at radius 2 is 1.81 bits per heavy atom. The van der Waals surface area contributed by atoms with Crippen LogP contribution < -0.4 is 5.73 Å². The zero-order valence-corrected chi connectivity index (χ0v) is 9.69. The summed E-state index contributed by atoms with van der Waals surface area (Å²) in [5.74, 6) is -3.07. The quantitative estimate of drug-likeness (QED) is 0.902. The van der Waals surface area contributed by atoms with Crippen LogP contribution in [-0.2, 0) is 5.92 Å². The van der Waals surface area contributed by atoms with Crippen LogP contribution in [0.25, 0.3) is 0 Å². The minimum absolute atomic E-state index is 0. The fourth-order valence-corrected chi connectivity index (χ4v) is 1.81. The van der Waals surface area contributed by atoms with Crippen molar-refractivity contribution in [2.45, 2.75) is 5.92 Å². The first kappa shape index (κ1) is 12.9. The van der Waals surface area contributed by atoms with Gasteiger partial charge in [-0.3, -0.25) is 0 Å². The highest BCUT2D eigenvalue weighted by atomic mass is 35.5. The molecule has 0 atom stereocenters. The Labute approximate surface area is 102 Å². The minimum atomic E-state index is -3.07. The lowest BCUT2D eigenvalue weighted by atomic mass is 10.1. The van der Waals surface area contributed by atoms with E-state index in [4.69, 9.17) is 5.73 Å². The molecule has 1 aromatic heterocycles. The number of benzene rings is 1. The lowest BCUT2D eigenvalue weighted by molar-refractivity contribution is 0.0388. The van der Waals surface area contributed by atoms with E-state index in [0.29, 0.717) is 0 Å². The third-order valence-corrected chi connectivity index (χ3v) is 2.65. The molecule has 16 heavy (non-hydrogen) atoms. The van der Waals surface area contributed by atoms with Gasteiger partial charge in [-0.15, -0.1) is 23.7 Å². The van der Waals surface area contributed by atoms with Crippen molar-refractivity contribution in [1.29, 1.82) is 0 Å². The molecule has 0 unspecified atom stereocenters. The zero-order chi connectivity index (χ0) is 10.9. The number of nitrogen functional groups attached to an aromatic ring is 1. The Kier molecular flexibility index (Phi) is 3.83. The molecule has 86 valence electrons. The number of alkyl halides is 2. The zero-order valence-electron chi connectivity index (χ0n) is 8.06. The van der Waals surface area contributed by atoms with Crippen LogP contribution in [0.4, 0.5) is 13.9 Å². The van der Waals surface area contributed by atoms with Crippen molar-refractivity contribution in [2.75, 3.05) is 5.73 Å². The molecule has 0 aliphatic heterocycles. The monoisotopic (exact) mass is 262 g/mol. The number of halogens is 3. The molecule has 2 aromatic rings. The Bertz CT molecular complexity index is 459. The Hall–Kier alpha value is -1.20. The molecule has 0 aliphatic carbocycles. The summed E-state index contributed by atoms with van der Waals surface area (Å²) in [6.07, 6.45) is 0. The standard InChI is InChI=1S/C10H8F2N2S.ClH/c11-10(12,7-4-2-1-3-5-7)8-6-15-9(13)14-8;/h1-6H,(H2,13,14);1H. The smallest absolute Gasteiger partial charge is 0.315 e. The number of aromatic nitrogens is 1. The highest BCUT2D eigenvalue weighted by Gasteiger charge is 2.36. The molecule has 6 heteroatoms. The molecule has 0 aliphatic rings. The van der Waals surface area contributed by atoms with Crippen LogP contribution in [0.2, 0.25) is 0 Å². The predicted molar refractivity (Wildman–Crippen MR) is 63.2 cm³/mol. The van der Waals surface area contributed by atoms with Gasteiger partial charge in [-0.25, -0.2) is 4.98 Å². The van der Waals surface area contributed by atoms with Gasteiger partial charge in [0, 0.05) is 10.9 Å². The Balaban J connectivity index is 0.00000128. The Morgan fingerprint density at radius 3 is 2.31 bits per heavy atom. The minimum Gasteiger partial charge on any atom is -0.375 e. The van der Waals surface area contributed by atoms with E-state index in [9.17, 15) is 8.78 Å². The predicted octanol–water partition coefficient (Wildman–Crippen LogP) is 3.29. The van der Waals surface area contributed by atoms with E-state index >= 15 is 0 Å². The second kappa shape index (κ2) is 4.76. The van der Waals surface area contributed by atoms with Gasteiger partial charge in [-0.1, -0.05) is 30.3 Å². The SMILES string of the molecule is Cl.Nc1nc(C(F)(F)c2ccccc2)cs1. The third-order valence-electron chi connectivity index (χ3n) is 1.98. The third kappa shape index (κ3) is 2.31. The van der Waals surface area contributed by atoms with Crippen LogP contribution in [0.15, 0.2) is 35.7 Å². The van der Waals surface area contributed by atoms with E-state index < -0.39 is 5.92 Å². The van der Waals surface area contributed by atoms with Gasteiger partial charge < -0.3 is 5.73 Å². The van der Waals surface area contributed by atoms with Gasteiger partial charge in [0.2, 0.25) is 0 Å². The lowest BCUT2D eigenvalue weighted by Gasteiger charge is -2.13. The van der Waals surface area contributed by atoms with E-state index in [-0.39, 0.29) is 28.8 Å². The normalized spacial score (nSPS) is 10.9. The van der Waals surface area contributed by atoms with Crippen LogP contribution in [-0.4, -0.2) is 4.98 Å². The molecule has 1 aromatic carbocycles. The summed E-state index contributed by atoms with van der Waals surface area (Å²) >= 11 is 1.01. The molecule has 2 N–H and O–H groups in total. The van der Waals surface area contributed by atoms with E-state index in [0.717, 1.165) is 11.3 Å². The van der Waals surface area contributed by atoms with Gasteiger partial charge >= 0.3 is 5.92 Å². The topological polar surface area (TPSA) is 38.9 Å². The van der Waals surface area contributed by atoms with Crippen LogP contribution in [0.5, 0.6) is 0 Å². The number of nitrogens with two attached hydrogens (primary N) is 1. The molecule has 0 saturated heterocycles. The average Bonchev–Trinajstić information content (AvgIpc) is 2.67. The number of hydrogen-bond acceptors (Lipinski definition) is 3. The van der Waals surface area contributed by atoms with Crippen LogP contribution in [0, 0.1) is 0 Å². The van der Waals surface area contributed by atoms with Gasteiger partial charge in [0.15, 0.2) is 5.13 Å². The van der Waals surface area contributed by atoms with Gasteiger partial charge in [0.1, 0.15) is 5.69 Å². The molecule has 0 saturated carbocycles. The van der Waals surface area contributed by atoms with Crippen molar-refractivity contribution >= 4 is 28.9 Å². The summed E-state index contributed by atoms with van der Waals surface area (Å²) < 4.78 is 27.6. The molecule has 0 fully saturated rings. The van der Waals surface area contributed by atoms with Crippen molar-refractivity contribution in [2.24, 2.45) is 0 Å². The molecule has 0 spiro atoms. The van der Waals surface area contributed by atoms with Crippen molar-refractivity contribution < 1.29 is 8.78 Å². The summed E-state index contributed by atoms with van der Waals surface area (Å²) in [5.41, 5.74) is 4.96. The highest BCUT2D eigenvalue weighted by molar-refractivity contribution is 7.13. The average molecular weight is 263 g/mol. The van der Waals surface area contributed by atoms with Gasteiger partial charge in [-0.05, 0) is 0 Å². The number of nitrogens with zero attached hydrogens (tertiary/aromatic N) is 1. The maximum absolute atomic E-state index is 13.8. The summed E-state index contributed by atoms with van der Waals surface area (Å²) in [6, 6.07) is 7.57. The van der Waals surface area contributed by atoms with Gasteiger partial charge in [0.05, 0.1) is 0 Å². The molecule has 0 bridgehead atoms. The number of anilines is 1. The van der Waals surface area contributed by atoms with Crippen molar-refractivity contribution in [3.63, 3.8) is 0 Å². The molecule has 0 amide bonds. The van der Waals surface area contributed by atoms with E-state index in [1.165, 1.54) is 17.5 Å². The highest BCUT2D eigenvalue weighted by Crippen LogP contribution is 2.36. The summed E-state index contributed by atoms with van der Waals surface area (Å²) in [4.78, 5) is 3.61. The molecule has 1 heterocycles. The first-order valence-electron chi connectivity index (χ1n) is 4.25. The molecular formula is C10H9ClF2N2S. The Morgan fingerprint density at radius 1 is 1.19 bits per heavy atom. The number of thiazole rings is 1. The summed E-state index contributed by atoms with van der Waals surface area (Å²) in [7, 11) is 0. The fourth-order valence-electron chi connectivity index (χ4n) is 1.23. The largest absolute Gasteiger partial charge is 0.375 e. The van der Waals surface area contributed by atoms with Gasteiger partial charge in [-0.2, -0.15) is 8.78 Å². The molecule has 2 nitrogen and oxygen atoms in total. The first-order chi connectivity index (χ1) is 7.10. The molecule has 2 rings (SSSR count). The van der Waals surface area contributed by atoms with E-state index in [1.807, 2.05) is 0 Å². The summed E-state index contributed by atoms with van der Waals surface area (Å²) in [6.45, 7) is 0. The van der Waals surface area contributed by atoms with Crippen LogP contribution in [0.3, 0.4) is 0 Å². The molecular weight excluding hydrogens is 254 g/mol. The number of hydrogen-bond donors (Lipinski definition) is 1. The first-order valence-corrected chi connectivity index (χ1v) is 5.13. The molecule has 0 radical (unpaired) electrons. The van der Waals surface area contributed by atoms with E-state index in [2.05, 4.69) is 4.98 Å². The van der Waals surface area contributed by atoms with Crippen LogP contribution >= 0.6 is 23.7 Å². The fraction of sp³-hybridized carbons (Fsp3) is 0.100. The second-order valence-electron chi connectivity index (χ2n) is 3.01. The van der Waals surface area contributed by atoms with Crippen molar-refractivity contribution in [1.82, 2.24) is 4.98 Å². The lowest BCUT2D eigenvalue weighted by Crippen LogP contribution is -2.15. The maximum atomic E-state index is 13.8.